The van der Waals surface area contributed by atoms with Crippen molar-refractivity contribution in [2.75, 3.05) is 11.9 Å². The molecule has 3 aromatic rings. The van der Waals surface area contributed by atoms with Crippen LogP contribution in [0.25, 0.3) is 16.9 Å². The highest BCUT2D eigenvalue weighted by molar-refractivity contribution is 5.78. The van der Waals surface area contributed by atoms with Gasteiger partial charge < -0.3 is 15.2 Å². The number of phenolic OH excluding ortho intramolecular Hbond substituents is 1. The summed E-state index contributed by atoms with van der Waals surface area (Å²) >= 11 is 0. The first-order valence-electron chi connectivity index (χ1n) is 8.81. The van der Waals surface area contributed by atoms with Crippen molar-refractivity contribution < 1.29 is 9.84 Å². The Balaban J connectivity index is 1.81. The molecule has 1 saturated carbocycles. The van der Waals surface area contributed by atoms with Crippen LogP contribution in [0, 0.1) is 0 Å². The Morgan fingerprint density at radius 2 is 2.16 bits per heavy atom. The largest absolute Gasteiger partial charge is 0.504 e. The molecule has 0 radical (unpaired) electrons. The molecule has 2 heterocycles. The highest BCUT2D eigenvalue weighted by atomic mass is 16.5. The van der Waals surface area contributed by atoms with Gasteiger partial charge in [0.2, 0.25) is 0 Å². The van der Waals surface area contributed by atoms with Gasteiger partial charge in [0.25, 0.3) is 0 Å². The molecular weight excluding hydrogens is 316 g/mol. The normalized spacial score (nSPS) is 14.9. The van der Waals surface area contributed by atoms with Crippen molar-refractivity contribution in [3.8, 4) is 22.8 Å². The smallest absolute Gasteiger partial charge is 0.161 e. The molecule has 0 spiro atoms. The lowest BCUT2D eigenvalue weighted by Gasteiger charge is -2.15. The number of anilines is 1. The summed E-state index contributed by atoms with van der Waals surface area (Å²) in [7, 11) is 0. The van der Waals surface area contributed by atoms with Crippen LogP contribution in [0.2, 0.25) is 0 Å². The first-order chi connectivity index (χ1) is 12.3. The third kappa shape index (κ3) is 2.99. The maximum Gasteiger partial charge on any atom is 0.161 e. The summed E-state index contributed by atoms with van der Waals surface area (Å²) in [6.45, 7) is 2.40. The second-order valence-electron chi connectivity index (χ2n) is 6.35. The van der Waals surface area contributed by atoms with E-state index >= 15 is 0 Å². The third-order valence-electron chi connectivity index (χ3n) is 4.66. The summed E-state index contributed by atoms with van der Waals surface area (Å²) in [5.41, 5.74) is 2.55. The van der Waals surface area contributed by atoms with Crippen molar-refractivity contribution >= 4 is 11.5 Å². The molecule has 1 aliphatic carbocycles. The molecule has 1 aromatic carbocycles. The van der Waals surface area contributed by atoms with Gasteiger partial charge in [-0.15, -0.1) is 0 Å². The summed E-state index contributed by atoms with van der Waals surface area (Å²) in [5, 5.41) is 13.6. The quantitative estimate of drug-likeness (QED) is 0.739. The van der Waals surface area contributed by atoms with E-state index in [1.807, 2.05) is 29.7 Å². The zero-order valence-corrected chi connectivity index (χ0v) is 14.3. The fraction of sp³-hybridized carbons (Fsp3) is 0.368. The number of hydrogen-bond acceptors (Lipinski definition) is 5. The maximum atomic E-state index is 9.98. The number of phenols is 1. The van der Waals surface area contributed by atoms with Gasteiger partial charge in [-0.1, -0.05) is 12.8 Å². The van der Waals surface area contributed by atoms with Crippen LogP contribution in [0.5, 0.6) is 11.5 Å². The molecule has 0 saturated heterocycles. The molecule has 6 heteroatoms. The Bertz CT molecular complexity index is 884. The van der Waals surface area contributed by atoms with Crippen LogP contribution in [0.1, 0.15) is 32.6 Å². The molecule has 130 valence electrons. The van der Waals surface area contributed by atoms with Gasteiger partial charge in [0.1, 0.15) is 11.5 Å². The van der Waals surface area contributed by atoms with E-state index < -0.39 is 0 Å². The summed E-state index contributed by atoms with van der Waals surface area (Å²) < 4.78 is 7.56. The second kappa shape index (κ2) is 6.63. The van der Waals surface area contributed by atoms with Gasteiger partial charge in [-0.3, -0.25) is 9.38 Å². The standard InChI is InChI=1S/C19H22N4O2/c1-2-25-16-11-13(7-8-15(16)24)18-19(21-14-5-3-4-6-14)23-10-9-20-12-17(23)22-18/h7-12,14,21,24H,2-6H2,1H3. The zero-order valence-electron chi connectivity index (χ0n) is 14.3. The van der Waals surface area contributed by atoms with Crippen molar-refractivity contribution in [3.05, 3.63) is 36.8 Å². The topological polar surface area (TPSA) is 71.7 Å². The average Bonchev–Trinajstić information content (AvgIpc) is 3.26. The highest BCUT2D eigenvalue weighted by Gasteiger charge is 2.21. The first-order valence-corrected chi connectivity index (χ1v) is 8.81. The molecule has 2 N–H and O–H groups in total. The van der Waals surface area contributed by atoms with Crippen molar-refractivity contribution in [1.29, 1.82) is 0 Å². The molecule has 4 rings (SSSR count). The Hall–Kier alpha value is -2.76. The molecule has 25 heavy (non-hydrogen) atoms. The summed E-state index contributed by atoms with van der Waals surface area (Å²) in [5.74, 6) is 1.58. The Morgan fingerprint density at radius 1 is 1.32 bits per heavy atom. The van der Waals surface area contributed by atoms with Gasteiger partial charge in [-0.05, 0) is 38.0 Å². The van der Waals surface area contributed by atoms with Crippen molar-refractivity contribution in [3.63, 3.8) is 0 Å². The number of ether oxygens (including phenoxy) is 1. The first kappa shape index (κ1) is 15.7. The minimum atomic E-state index is 0.140. The van der Waals surface area contributed by atoms with E-state index in [1.165, 1.54) is 25.7 Å². The molecule has 6 nitrogen and oxygen atoms in total. The number of imidazole rings is 1. The van der Waals surface area contributed by atoms with E-state index in [2.05, 4.69) is 10.3 Å². The van der Waals surface area contributed by atoms with Crippen molar-refractivity contribution in [2.24, 2.45) is 0 Å². The lowest BCUT2D eigenvalue weighted by molar-refractivity contribution is 0.318. The molecule has 1 fully saturated rings. The Morgan fingerprint density at radius 3 is 2.96 bits per heavy atom. The number of benzene rings is 1. The van der Waals surface area contributed by atoms with E-state index in [0.717, 1.165) is 22.7 Å². The van der Waals surface area contributed by atoms with E-state index in [1.54, 1.807) is 18.5 Å². The average molecular weight is 338 g/mol. The predicted molar refractivity (Wildman–Crippen MR) is 97.1 cm³/mol. The van der Waals surface area contributed by atoms with Gasteiger partial charge in [0.05, 0.1) is 12.8 Å². The van der Waals surface area contributed by atoms with Gasteiger partial charge in [0, 0.05) is 24.0 Å². The Labute approximate surface area is 146 Å². The molecule has 1 aliphatic rings. The van der Waals surface area contributed by atoms with Crippen LogP contribution in [-0.2, 0) is 0 Å². The van der Waals surface area contributed by atoms with Gasteiger partial charge in [-0.2, -0.15) is 0 Å². The number of rotatable bonds is 5. The van der Waals surface area contributed by atoms with Crippen LogP contribution in [0.15, 0.2) is 36.8 Å². The molecule has 0 bridgehead atoms. The molecular formula is C19H22N4O2. The van der Waals surface area contributed by atoms with Gasteiger partial charge in [0.15, 0.2) is 17.1 Å². The minimum Gasteiger partial charge on any atom is -0.504 e. The maximum absolute atomic E-state index is 9.98. The van der Waals surface area contributed by atoms with Gasteiger partial charge >= 0.3 is 0 Å². The molecule has 0 atom stereocenters. The van der Waals surface area contributed by atoms with Crippen LogP contribution < -0.4 is 10.1 Å². The fourth-order valence-electron chi connectivity index (χ4n) is 3.44. The van der Waals surface area contributed by atoms with Crippen molar-refractivity contribution in [1.82, 2.24) is 14.4 Å². The number of hydrogen-bond donors (Lipinski definition) is 2. The second-order valence-corrected chi connectivity index (χ2v) is 6.35. The van der Waals surface area contributed by atoms with Gasteiger partial charge in [-0.25, -0.2) is 4.98 Å². The Kier molecular flexibility index (Phi) is 4.17. The lowest BCUT2D eigenvalue weighted by atomic mass is 10.1. The van der Waals surface area contributed by atoms with Crippen LogP contribution in [0.3, 0.4) is 0 Å². The van der Waals surface area contributed by atoms with E-state index in [0.29, 0.717) is 18.4 Å². The number of aromatic nitrogens is 3. The minimum absolute atomic E-state index is 0.140. The number of nitrogens with one attached hydrogen (secondary N) is 1. The SMILES string of the molecule is CCOc1cc(-c2nc3cnccn3c2NC2CCCC2)ccc1O. The number of nitrogens with zero attached hydrogens (tertiary/aromatic N) is 3. The number of fused-ring (bicyclic) bond motifs is 1. The van der Waals surface area contributed by atoms with E-state index in [4.69, 9.17) is 9.72 Å². The third-order valence-corrected chi connectivity index (χ3v) is 4.66. The fourth-order valence-corrected chi connectivity index (χ4v) is 3.44. The molecule has 0 aliphatic heterocycles. The lowest BCUT2D eigenvalue weighted by Crippen LogP contribution is -2.16. The predicted octanol–water partition coefficient (Wildman–Crippen LogP) is 3.86. The van der Waals surface area contributed by atoms with E-state index in [-0.39, 0.29) is 5.75 Å². The molecule has 0 unspecified atom stereocenters. The summed E-state index contributed by atoms with van der Waals surface area (Å²) in [6, 6.07) is 5.83. The van der Waals surface area contributed by atoms with Crippen LogP contribution >= 0.6 is 0 Å². The highest BCUT2D eigenvalue weighted by Crippen LogP contribution is 2.36. The van der Waals surface area contributed by atoms with E-state index in [9.17, 15) is 5.11 Å². The van der Waals surface area contributed by atoms with Crippen LogP contribution in [-0.4, -0.2) is 32.1 Å². The zero-order chi connectivity index (χ0) is 17.2. The summed E-state index contributed by atoms with van der Waals surface area (Å²) in [4.78, 5) is 8.93. The monoisotopic (exact) mass is 338 g/mol. The summed E-state index contributed by atoms with van der Waals surface area (Å²) in [6.07, 6.45) is 10.3. The van der Waals surface area contributed by atoms with Crippen LogP contribution in [0.4, 0.5) is 5.82 Å². The number of aromatic hydroxyl groups is 1. The van der Waals surface area contributed by atoms with Crippen molar-refractivity contribution in [2.45, 2.75) is 38.6 Å². The molecule has 0 amide bonds. The molecule has 2 aromatic heterocycles.